The van der Waals surface area contributed by atoms with Gasteiger partial charge in [0, 0.05) is 31.4 Å². The van der Waals surface area contributed by atoms with Crippen LogP contribution in [0.5, 0.6) is 0 Å². The van der Waals surface area contributed by atoms with Gasteiger partial charge in [0.05, 0.1) is 44.0 Å². The summed E-state index contributed by atoms with van der Waals surface area (Å²) in [5.74, 6) is -2.08. The van der Waals surface area contributed by atoms with E-state index in [1.807, 2.05) is 41.5 Å². The Kier molecular flexibility index (Phi) is 31.0. The molecule has 2 fully saturated rings. The predicted octanol–water partition coefficient (Wildman–Crippen LogP) is 3.48. The zero-order valence-corrected chi connectivity index (χ0v) is 40.9. The molecule has 2 aliphatic heterocycles. The van der Waals surface area contributed by atoms with Gasteiger partial charge in [-0.25, -0.2) is 0 Å². The Morgan fingerprint density at radius 2 is 1.21 bits per heavy atom. The Hall–Kier alpha value is -2.40. The number of hydrogen-bond donors (Lipinski definition) is 6. The van der Waals surface area contributed by atoms with E-state index in [0.29, 0.717) is 6.61 Å². The molecule has 2 rings (SSSR count). The number of carboxylic acids is 1. The van der Waals surface area contributed by atoms with Gasteiger partial charge in [-0.2, -0.15) is 0 Å². The average molecular weight is 917 g/mol. The van der Waals surface area contributed by atoms with Crippen molar-refractivity contribution in [3.8, 4) is 0 Å². The zero-order valence-electron chi connectivity index (χ0n) is 37.9. The van der Waals surface area contributed by atoms with E-state index in [4.69, 9.17) is 29.4 Å². The van der Waals surface area contributed by atoms with Crippen molar-refractivity contribution in [1.82, 2.24) is 0 Å². The van der Waals surface area contributed by atoms with Gasteiger partial charge in [-0.1, -0.05) is 101 Å². The number of carbonyl (C=O) groups excluding carboxylic acids is 2. The van der Waals surface area contributed by atoms with Crippen molar-refractivity contribution in [2.24, 2.45) is 17.1 Å². The first-order valence-corrected chi connectivity index (χ1v) is 21.4. The first kappa shape index (κ1) is 58.6. The van der Waals surface area contributed by atoms with E-state index in [1.165, 1.54) is 0 Å². The quantitative estimate of drug-likeness (QED) is 0.0373. The normalized spacial score (nSPS) is 27.6. The van der Waals surface area contributed by atoms with E-state index in [-0.39, 0.29) is 50.3 Å². The van der Waals surface area contributed by atoms with Gasteiger partial charge in [0.25, 0.3) is 0 Å². The molecule has 2 heterocycles. The molecule has 14 nitrogen and oxygen atoms in total. The molecule has 0 saturated carbocycles. The first-order valence-electron chi connectivity index (χ1n) is 21.4. The van der Waals surface area contributed by atoms with Gasteiger partial charge >= 0.3 is 5.97 Å². The number of nitrogens with two attached hydrogens (primary N) is 1. The maximum absolute atomic E-state index is 11.2. The molecule has 0 aliphatic carbocycles. The van der Waals surface area contributed by atoms with Gasteiger partial charge in [-0.15, -0.1) is 0 Å². The molecule has 2 aliphatic rings. The second kappa shape index (κ2) is 32.3. The minimum absolute atomic E-state index is 0. The van der Waals surface area contributed by atoms with Crippen molar-refractivity contribution in [2.45, 2.75) is 173 Å². The number of hydrogen-bond acceptors (Lipinski definition) is 13. The minimum atomic E-state index is -1.23. The van der Waals surface area contributed by atoms with E-state index in [9.17, 15) is 35.1 Å². The van der Waals surface area contributed by atoms with Crippen LogP contribution in [0.25, 0.3) is 0 Å². The van der Waals surface area contributed by atoms with Crippen molar-refractivity contribution < 1.29 is 84.0 Å². The van der Waals surface area contributed by atoms with Crippen LogP contribution in [0.4, 0.5) is 0 Å². The zero-order chi connectivity index (χ0) is 45.1. The second-order valence-corrected chi connectivity index (χ2v) is 17.0. The molecule has 0 radical (unpaired) electrons. The van der Waals surface area contributed by atoms with Crippen molar-refractivity contribution in [3.05, 3.63) is 72.9 Å². The van der Waals surface area contributed by atoms with Gasteiger partial charge in [0.15, 0.2) is 12.3 Å². The van der Waals surface area contributed by atoms with Crippen molar-refractivity contribution in [2.75, 3.05) is 19.8 Å². The number of allylic oxidation sites excluding steroid dienone is 12. The van der Waals surface area contributed by atoms with E-state index in [2.05, 4.69) is 85.6 Å². The molecule has 10 atom stereocenters. The SMILES string of the molecule is CC(C)(C)O[C@@H]1OC(CO)[C@@H](O[C@@H]2OC(CO)[C@@H](C(C)(C)C)[C@H](O)C2[NH3+])[C@H](O)C1N.CC/C=C\C/C=C\C/C=C\C/C=C\C/C=C\C/C=C\CCCOC(=O)CCC(=O)[O-].[Zn]. The Labute approximate surface area is 377 Å². The van der Waals surface area contributed by atoms with Gasteiger partial charge in [-0.05, 0) is 84.0 Å². The first-order chi connectivity index (χ1) is 28.4. The Balaban J connectivity index is 0.00000116. The summed E-state index contributed by atoms with van der Waals surface area (Å²) < 4.78 is 28.3. The van der Waals surface area contributed by atoms with Gasteiger partial charge in [0.1, 0.15) is 24.4 Å². The van der Waals surface area contributed by atoms with E-state index < -0.39 is 79.3 Å². The summed E-state index contributed by atoms with van der Waals surface area (Å²) in [6.07, 6.45) is 26.3. The van der Waals surface area contributed by atoms with Gasteiger partial charge in [-0.3, -0.25) is 4.79 Å². The smallest absolute Gasteiger partial charge is 0.306 e. The second-order valence-electron chi connectivity index (χ2n) is 17.0. The third-order valence-electron chi connectivity index (χ3n) is 9.62. The maximum atomic E-state index is 11.2. The maximum Gasteiger partial charge on any atom is 0.306 e. The Morgan fingerprint density at radius 1 is 0.738 bits per heavy atom. The van der Waals surface area contributed by atoms with Crippen LogP contribution in [0, 0.1) is 11.3 Å². The summed E-state index contributed by atoms with van der Waals surface area (Å²) in [5.41, 5.74) is 9.22. The molecular weight excluding hydrogens is 838 g/mol. The number of esters is 1. The third-order valence-corrected chi connectivity index (χ3v) is 9.62. The van der Waals surface area contributed by atoms with Crippen molar-refractivity contribution in [3.63, 3.8) is 0 Å². The molecule has 0 aromatic rings. The van der Waals surface area contributed by atoms with Crippen molar-refractivity contribution in [1.29, 1.82) is 0 Å². The average Bonchev–Trinajstić information content (AvgIpc) is 3.18. The number of carboxylic acid groups (broad SMARTS) is 1. The van der Waals surface area contributed by atoms with Crippen LogP contribution in [-0.4, -0.2) is 113 Å². The largest absolute Gasteiger partial charge is 0.550 e. The van der Waals surface area contributed by atoms with Crippen LogP contribution >= 0.6 is 0 Å². The van der Waals surface area contributed by atoms with Crippen LogP contribution in [0.1, 0.15) is 113 Å². The van der Waals surface area contributed by atoms with Gasteiger partial charge < -0.3 is 65.5 Å². The monoisotopic (exact) mass is 914 g/mol. The molecule has 0 bridgehead atoms. The molecular formula is C46H78N2O12Zn. The summed E-state index contributed by atoms with van der Waals surface area (Å²) in [7, 11) is 0. The number of carbonyl (C=O) groups is 2. The number of rotatable bonds is 23. The molecule has 0 amide bonds. The molecule has 0 spiro atoms. The molecule has 15 heteroatoms. The molecule has 346 valence electrons. The number of aliphatic carboxylic acids is 1. The summed E-state index contributed by atoms with van der Waals surface area (Å²) in [6, 6.07) is -1.62. The number of ether oxygens (including phenoxy) is 5. The fourth-order valence-corrected chi connectivity index (χ4v) is 6.53. The van der Waals surface area contributed by atoms with Crippen LogP contribution < -0.4 is 16.6 Å². The molecule has 2 saturated heterocycles. The van der Waals surface area contributed by atoms with Crippen LogP contribution in [0.3, 0.4) is 0 Å². The summed E-state index contributed by atoms with van der Waals surface area (Å²) in [4.78, 5) is 21.4. The standard InChI is InChI=1S/C26H38O4.C20H40N2O8.Zn/c1-2-3-4-5-6-7-8-9-10-11-12-13-14-15-16-17-18-19-20-21-24-30-26(29)23-22-25(27)28;1-19(2,3)11-9(7-23)27-17(12(21)14(11)25)29-16-10(8-24)28-18(13(22)15(16)26)30-20(4,5)6;/h3-4,6-7,9-10,12-13,15-16,18-19H,2,5,8,11,14,17,20-24H2,1H3,(H,27,28);9-18,23-26H,7-8,21-22H2,1-6H3;/b4-3-,7-6-,10-9-,13-12-,16-15-,19-18-;;/t;9?,10?,11-,12?,13?,14+,15-,16-,17+,18+;/m.1./s1. The summed E-state index contributed by atoms with van der Waals surface area (Å²) in [5, 5.41) is 51.5. The third kappa shape index (κ3) is 24.9. The number of aliphatic hydroxyl groups is 4. The predicted molar refractivity (Wildman–Crippen MR) is 229 cm³/mol. The molecule has 0 aromatic carbocycles. The molecule has 4 unspecified atom stereocenters. The number of unbranched alkanes of at least 4 members (excludes halogenated alkanes) is 1. The van der Waals surface area contributed by atoms with Crippen LogP contribution in [0.2, 0.25) is 0 Å². The number of quaternary nitrogens is 1. The van der Waals surface area contributed by atoms with E-state index in [0.717, 1.165) is 51.4 Å². The fraction of sp³-hybridized carbons (Fsp3) is 0.696. The van der Waals surface area contributed by atoms with E-state index in [1.54, 1.807) is 0 Å². The van der Waals surface area contributed by atoms with Crippen molar-refractivity contribution >= 4 is 11.9 Å². The Bertz CT molecular complexity index is 1370. The van der Waals surface area contributed by atoms with Gasteiger partial charge in [0.2, 0.25) is 6.29 Å². The summed E-state index contributed by atoms with van der Waals surface area (Å²) in [6.45, 7) is 13.1. The molecule has 0 aromatic heterocycles. The summed E-state index contributed by atoms with van der Waals surface area (Å²) >= 11 is 0. The minimum Gasteiger partial charge on any atom is -0.550 e. The van der Waals surface area contributed by atoms with Crippen LogP contribution in [0.15, 0.2) is 72.9 Å². The fourth-order valence-electron chi connectivity index (χ4n) is 6.53. The van der Waals surface area contributed by atoms with Crippen LogP contribution in [-0.2, 0) is 52.8 Å². The van der Waals surface area contributed by atoms with E-state index >= 15 is 0 Å². The number of aliphatic hydroxyl groups excluding tert-OH is 4. The molecule has 61 heavy (non-hydrogen) atoms. The molecule has 9 N–H and O–H groups in total. The Morgan fingerprint density at radius 3 is 1.66 bits per heavy atom. The topological polar surface area (TPSA) is 238 Å².